The number of carboxylic acids is 1. The summed E-state index contributed by atoms with van der Waals surface area (Å²) in [5, 5.41) is 8.98. The number of aliphatic carboxylic acids is 1. The molecule has 0 aromatic carbocycles. The molecule has 0 saturated heterocycles. The topological polar surface area (TPSA) is 66.3 Å². The van der Waals surface area contributed by atoms with Gasteiger partial charge in [0.15, 0.2) is 0 Å². The number of nitrogens with zero attached hydrogens (tertiary/aromatic N) is 3. The third-order valence-electron chi connectivity index (χ3n) is 4.42. The average molecular weight is 289 g/mol. The SMILES string of the molecule is CC(C)(C)c1ncc2c(n1)CCN(C[C@@H]1C[C@H]1C(=O)O)C2. The van der Waals surface area contributed by atoms with Crippen LogP contribution in [0, 0.1) is 11.8 Å². The van der Waals surface area contributed by atoms with Crippen LogP contribution in [0.2, 0.25) is 0 Å². The second kappa shape index (κ2) is 5.05. The minimum Gasteiger partial charge on any atom is -0.481 e. The molecule has 2 heterocycles. The molecule has 1 fully saturated rings. The Morgan fingerprint density at radius 2 is 2.24 bits per heavy atom. The van der Waals surface area contributed by atoms with Crippen LogP contribution in [0.4, 0.5) is 0 Å². The summed E-state index contributed by atoms with van der Waals surface area (Å²) in [4.78, 5) is 22.5. The quantitative estimate of drug-likeness (QED) is 0.920. The fraction of sp³-hybridized carbons (Fsp3) is 0.688. The van der Waals surface area contributed by atoms with Crippen molar-refractivity contribution in [3.05, 3.63) is 23.3 Å². The maximum Gasteiger partial charge on any atom is 0.306 e. The van der Waals surface area contributed by atoms with E-state index >= 15 is 0 Å². The van der Waals surface area contributed by atoms with Gasteiger partial charge in [0, 0.05) is 48.9 Å². The van der Waals surface area contributed by atoms with Gasteiger partial charge in [0.1, 0.15) is 5.82 Å². The summed E-state index contributed by atoms with van der Waals surface area (Å²) in [5.41, 5.74) is 2.34. The highest BCUT2D eigenvalue weighted by molar-refractivity contribution is 5.73. The Balaban J connectivity index is 1.65. The molecular weight excluding hydrogens is 266 g/mol. The first-order valence-corrected chi connectivity index (χ1v) is 7.65. The lowest BCUT2D eigenvalue weighted by Gasteiger charge is -2.29. The second-order valence-corrected chi connectivity index (χ2v) is 7.34. The van der Waals surface area contributed by atoms with Gasteiger partial charge in [0.2, 0.25) is 0 Å². The van der Waals surface area contributed by atoms with Crippen LogP contribution in [0.3, 0.4) is 0 Å². The van der Waals surface area contributed by atoms with E-state index in [0.717, 1.165) is 44.0 Å². The Hall–Kier alpha value is -1.49. The van der Waals surface area contributed by atoms with E-state index < -0.39 is 5.97 Å². The molecule has 1 saturated carbocycles. The third kappa shape index (κ3) is 3.07. The largest absolute Gasteiger partial charge is 0.481 e. The van der Waals surface area contributed by atoms with Gasteiger partial charge in [-0.25, -0.2) is 9.97 Å². The molecule has 0 bridgehead atoms. The van der Waals surface area contributed by atoms with Crippen LogP contribution in [-0.4, -0.2) is 39.0 Å². The van der Waals surface area contributed by atoms with Gasteiger partial charge in [-0.3, -0.25) is 9.69 Å². The van der Waals surface area contributed by atoms with Crippen molar-refractivity contribution in [1.29, 1.82) is 0 Å². The minimum absolute atomic E-state index is 0.0190. The van der Waals surface area contributed by atoms with E-state index in [4.69, 9.17) is 10.1 Å². The first-order chi connectivity index (χ1) is 9.84. The third-order valence-corrected chi connectivity index (χ3v) is 4.42. The Morgan fingerprint density at radius 1 is 1.48 bits per heavy atom. The van der Waals surface area contributed by atoms with Crippen LogP contribution < -0.4 is 0 Å². The summed E-state index contributed by atoms with van der Waals surface area (Å²) in [6.07, 6.45) is 3.72. The summed E-state index contributed by atoms with van der Waals surface area (Å²) in [7, 11) is 0. The molecule has 2 atom stereocenters. The Labute approximate surface area is 125 Å². The highest BCUT2D eigenvalue weighted by Gasteiger charge is 2.44. The van der Waals surface area contributed by atoms with Gasteiger partial charge >= 0.3 is 5.97 Å². The molecule has 3 rings (SSSR count). The molecule has 0 radical (unpaired) electrons. The molecular formula is C16H23N3O2. The van der Waals surface area contributed by atoms with E-state index in [1.54, 1.807) is 0 Å². The van der Waals surface area contributed by atoms with Gasteiger partial charge in [-0.1, -0.05) is 20.8 Å². The normalized spacial score (nSPS) is 25.5. The predicted octanol–water partition coefficient (Wildman–Crippen LogP) is 1.85. The summed E-state index contributed by atoms with van der Waals surface area (Å²) in [6.45, 7) is 9.09. The zero-order valence-electron chi connectivity index (χ0n) is 13.0. The maximum absolute atomic E-state index is 10.9. The molecule has 114 valence electrons. The molecule has 0 spiro atoms. The van der Waals surface area contributed by atoms with E-state index in [-0.39, 0.29) is 11.3 Å². The number of aromatic nitrogens is 2. The molecule has 5 nitrogen and oxygen atoms in total. The monoisotopic (exact) mass is 289 g/mol. The highest BCUT2D eigenvalue weighted by Crippen LogP contribution is 2.39. The van der Waals surface area contributed by atoms with Crippen molar-refractivity contribution >= 4 is 5.97 Å². The van der Waals surface area contributed by atoms with Crippen LogP contribution in [0.5, 0.6) is 0 Å². The first kappa shape index (κ1) is 14.4. The second-order valence-electron chi connectivity index (χ2n) is 7.34. The summed E-state index contributed by atoms with van der Waals surface area (Å²) in [5.74, 6) is 0.475. The standard InChI is InChI=1S/C16H23N3O2/c1-16(2,3)15-17-7-11-9-19(5-4-13(11)18-15)8-10-6-12(10)14(20)21/h7,10,12H,4-6,8-9H2,1-3H3,(H,20,21)/t10-,12+/m0/s1. The van der Waals surface area contributed by atoms with E-state index in [9.17, 15) is 4.79 Å². The van der Waals surface area contributed by atoms with Crippen LogP contribution in [-0.2, 0) is 23.2 Å². The highest BCUT2D eigenvalue weighted by atomic mass is 16.4. The number of fused-ring (bicyclic) bond motifs is 1. The van der Waals surface area contributed by atoms with Crippen molar-refractivity contribution in [3.8, 4) is 0 Å². The van der Waals surface area contributed by atoms with Crippen LogP contribution in [0.1, 0.15) is 44.3 Å². The number of hydrogen-bond acceptors (Lipinski definition) is 4. The van der Waals surface area contributed by atoms with Crippen molar-refractivity contribution in [3.63, 3.8) is 0 Å². The Bertz CT molecular complexity index is 565. The summed E-state index contributed by atoms with van der Waals surface area (Å²) < 4.78 is 0. The summed E-state index contributed by atoms with van der Waals surface area (Å²) in [6, 6.07) is 0. The van der Waals surface area contributed by atoms with E-state index in [2.05, 4.69) is 30.7 Å². The zero-order valence-corrected chi connectivity index (χ0v) is 13.0. The van der Waals surface area contributed by atoms with Crippen molar-refractivity contribution < 1.29 is 9.90 Å². The molecule has 1 aromatic rings. The van der Waals surface area contributed by atoms with E-state index in [1.807, 2.05) is 6.20 Å². The van der Waals surface area contributed by atoms with Crippen molar-refractivity contribution in [2.24, 2.45) is 11.8 Å². The van der Waals surface area contributed by atoms with Gasteiger partial charge in [-0.05, 0) is 12.3 Å². The molecule has 1 aliphatic heterocycles. The van der Waals surface area contributed by atoms with E-state index in [1.165, 1.54) is 5.56 Å². The van der Waals surface area contributed by atoms with Gasteiger partial charge in [0.05, 0.1) is 5.92 Å². The van der Waals surface area contributed by atoms with Crippen LogP contribution in [0.25, 0.3) is 0 Å². The molecule has 0 unspecified atom stereocenters. The molecule has 2 aliphatic rings. The fourth-order valence-electron chi connectivity index (χ4n) is 2.98. The summed E-state index contributed by atoms with van der Waals surface area (Å²) >= 11 is 0. The first-order valence-electron chi connectivity index (χ1n) is 7.65. The molecule has 21 heavy (non-hydrogen) atoms. The predicted molar refractivity (Wildman–Crippen MR) is 78.9 cm³/mol. The number of hydrogen-bond donors (Lipinski definition) is 1. The lowest BCUT2D eigenvalue weighted by atomic mass is 9.95. The smallest absolute Gasteiger partial charge is 0.306 e. The van der Waals surface area contributed by atoms with Crippen molar-refractivity contribution in [2.75, 3.05) is 13.1 Å². The van der Waals surface area contributed by atoms with Crippen LogP contribution in [0.15, 0.2) is 6.20 Å². The number of carboxylic acid groups (broad SMARTS) is 1. The van der Waals surface area contributed by atoms with Gasteiger partial charge < -0.3 is 5.11 Å². The van der Waals surface area contributed by atoms with Gasteiger partial charge in [-0.15, -0.1) is 0 Å². The molecule has 5 heteroatoms. The lowest BCUT2D eigenvalue weighted by Crippen LogP contribution is -2.34. The molecule has 0 amide bonds. The van der Waals surface area contributed by atoms with E-state index in [0.29, 0.717) is 5.92 Å². The Kier molecular flexibility index (Phi) is 3.48. The molecule has 1 aliphatic carbocycles. The van der Waals surface area contributed by atoms with Crippen LogP contribution >= 0.6 is 0 Å². The number of carbonyl (C=O) groups is 1. The maximum atomic E-state index is 10.9. The zero-order chi connectivity index (χ0) is 15.2. The van der Waals surface area contributed by atoms with Gasteiger partial charge in [-0.2, -0.15) is 0 Å². The minimum atomic E-state index is -0.643. The fourth-order valence-corrected chi connectivity index (χ4v) is 2.98. The molecule has 1 aromatic heterocycles. The van der Waals surface area contributed by atoms with Crippen molar-refractivity contribution in [1.82, 2.24) is 14.9 Å². The molecule has 1 N–H and O–H groups in total. The lowest BCUT2D eigenvalue weighted by molar-refractivity contribution is -0.138. The number of rotatable bonds is 3. The Morgan fingerprint density at radius 3 is 2.86 bits per heavy atom. The van der Waals surface area contributed by atoms with Gasteiger partial charge in [0.25, 0.3) is 0 Å². The average Bonchev–Trinajstić information content (AvgIpc) is 3.16. The van der Waals surface area contributed by atoms with Crippen molar-refractivity contribution in [2.45, 2.75) is 45.6 Å².